The van der Waals surface area contributed by atoms with Crippen molar-refractivity contribution in [3.05, 3.63) is 38.8 Å². The first-order valence-electron chi connectivity index (χ1n) is 7.14. The van der Waals surface area contributed by atoms with Gasteiger partial charge in [0.1, 0.15) is 4.70 Å². The van der Waals surface area contributed by atoms with E-state index in [2.05, 4.69) is 36.2 Å². The SMILES string of the molecule is C[C@H](CO)Nc1nc(SCc2cccc(Cl)c2)nc2nc(Br)sc12. The van der Waals surface area contributed by atoms with Crippen LogP contribution in [-0.2, 0) is 5.75 Å². The molecule has 0 aliphatic heterocycles. The lowest BCUT2D eigenvalue weighted by Gasteiger charge is -2.12. The summed E-state index contributed by atoms with van der Waals surface area (Å²) in [6.07, 6.45) is 0. The number of fused-ring (bicyclic) bond motifs is 1. The molecule has 0 unspecified atom stereocenters. The molecule has 3 aromatic rings. The zero-order valence-corrected chi connectivity index (χ0v) is 16.6. The number of aliphatic hydroxyl groups is 1. The maximum Gasteiger partial charge on any atom is 0.191 e. The number of anilines is 1. The van der Waals surface area contributed by atoms with E-state index in [1.165, 1.54) is 23.1 Å². The van der Waals surface area contributed by atoms with E-state index in [4.69, 9.17) is 11.6 Å². The summed E-state index contributed by atoms with van der Waals surface area (Å²) < 4.78 is 1.62. The van der Waals surface area contributed by atoms with Crippen LogP contribution in [0.15, 0.2) is 33.3 Å². The summed E-state index contributed by atoms with van der Waals surface area (Å²) in [4.78, 5) is 13.5. The van der Waals surface area contributed by atoms with Crippen molar-refractivity contribution in [3.63, 3.8) is 0 Å². The molecule has 5 nitrogen and oxygen atoms in total. The molecule has 0 aliphatic carbocycles. The summed E-state index contributed by atoms with van der Waals surface area (Å²) in [5.74, 6) is 1.41. The Balaban J connectivity index is 1.87. The number of nitrogens with one attached hydrogen (secondary N) is 1. The Labute approximate surface area is 161 Å². The molecular formula is C15H14BrClN4OS2. The Morgan fingerprint density at radius 3 is 2.96 bits per heavy atom. The Bertz CT molecular complexity index is 861. The van der Waals surface area contributed by atoms with Gasteiger partial charge in [-0.15, -0.1) is 11.3 Å². The Morgan fingerprint density at radius 1 is 1.38 bits per heavy atom. The van der Waals surface area contributed by atoms with Crippen molar-refractivity contribution in [2.24, 2.45) is 0 Å². The number of aromatic nitrogens is 3. The van der Waals surface area contributed by atoms with Gasteiger partial charge in [0.05, 0.1) is 6.61 Å². The van der Waals surface area contributed by atoms with Gasteiger partial charge in [-0.25, -0.2) is 15.0 Å². The second-order valence-corrected chi connectivity index (χ2v) is 8.77. The van der Waals surface area contributed by atoms with Crippen LogP contribution in [0.1, 0.15) is 12.5 Å². The third-order valence-electron chi connectivity index (χ3n) is 3.12. The molecule has 2 N–H and O–H groups in total. The molecule has 0 aliphatic rings. The van der Waals surface area contributed by atoms with Crippen LogP contribution in [0.3, 0.4) is 0 Å². The minimum absolute atomic E-state index is 0.0243. The Kier molecular flexibility index (Phi) is 5.93. The first kappa shape index (κ1) is 17.9. The van der Waals surface area contributed by atoms with Crippen LogP contribution in [0, 0.1) is 0 Å². The van der Waals surface area contributed by atoms with E-state index in [0.717, 1.165) is 14.2 Å². The van der Waals surface area contributed by atoms with Crippen LogP contribution in [0.2, 0.25) is 5.02 Å². The van der Waals surface area contributed by atoms with Crippen molar-refractivity contribution >= 4 is 66.8 Å². The molecule has 3 rings (SSSR count). The third kappa shape index (κ3) is 4.37. The van der Waals surface area contributed by atoms with E-state index in [1.54, 1.807) is 0 Å². The van der Waals surface area contributed by atoms with Crippen molar-refractivity contribution in [2.45, 2.75) is 23.9 Å². The predicted molar refractivity (Wildman–Crippen MR) is 104 cm³/mol. The number of aliphatic hydroxyl groups excluding tert-OH is 1. The summed E-state index contributed by atoms with van der Waals surface area (Å²) in [6, 6.07) is 7.62. The molecule has 9 heteroatoms. The highest BCUT2D eigenvalue weighted by molar-refractivity contribution is 9.11. The Morgan fingerprint density at radius 2 is 2.21 bits per heavy atom. The van der Waals surface area contributed by atoms with Gasteiger partial charge in [-0.1, -0.05) is 35.5 Å². The van der Waals surface area contributed by atoms with E-state index in [-0.39, 0.29) is 12.6 Å². The van der Waals surface area contributed by atoms with Crippen molar-refractivity contribution < 1.29 is 5.11 Å². The van der Waals surface area contributed by atoms with Crippen molar-refractivity contribution in [1.82, 2.24) is 15.0 Å². The van der Waals surface area contributed by atoms with Gasteiger partial charge < -0.3 is 10.4 Å². The van der Waals surface area contributed by atoms with Gasteiger partial charge in [-0.2, -0.15) is 0 Å². The highest BCUT2D eigenvalue weighted by atomic mass is 79.9. The number of thiazole rings is 1. The van der Waals surface area contributed by atoms with Gasteiger partial charge in [0, 0.05) is 16.8 Å². The molecule has 0 fully saturated rings. The van der Waals surface area contributed by atoms with E-state index in [1.807, 2.05) is 31.2 Å². The van der Waals surface area contributed by atoms with Crippen molar-refractivity contribution in [2.75, 3.05) is 11.9 Å². The fourth-order valence-corrected chi connectivity index (χ4v) is 4.33. The van der Waals surface area contributed by atoms with Crippen LogP contribution < -0.4 is 5.32 Å². The van der Waals surface area contributed by atoms with Crippen molar-refractivity contribution in [1.29, 1.82) is 0 Å². The fourth-order valence-electron chi connectivity index (χ4n) is 1.99. The van der Waals surface area contributed by atoms with Crippen LogP contribution in [0.4, 0.5) is 5.82 Å². The highest BCUT2D eigenvalue weighted by Gasteiger charge is 2.14. The topological polar surface area (TPSA) is 70.9 Å². The molecule has 1 atom stereocenters. The summed E-state index contributed by atoms with van der Waals surface area (Å²) in [6.45, 7) is 1.92. The molecule has 0 saturated carbocycles. The maximum absolute atomic E-state index is 9.28. The van der Waals surface area contributed by atoms with Gasteiger partial charge >= 0.3 is 0 Å². The van der Waals surface area contributed by atoms with Crippen LogP contribution >= 0.6 is 50.6 Å². The van der Waals surface area contributed by atoms with E-state index < -0.39 is 0 Å². The summed E-state index contributed by atoms with van der Waals surface area (Å²) in [7, 11) is 0. The van der Waals surface area contributed by atoms with Gasteiger partial charge in [-0.3, -0.25) is 0 Å². The molecule has 2 aromatic heterocycles. The van der Waals surface area contributed by atoms with Crippen molar-refractivity contribution in [3.8, 4) is 0 Å². The van der Waals surface area contributed by atoms with Crippen LogP contribution in [-0.4, -0.2) is 32.7 Å². The van der Waals surface area contributed by atoms with Crippen LogP contribution in [0.25, 0.3) is 10.3 Å². The van der Waals surface area contributed by atoms with Gasteiger partial charge in [0.15, 0.2) is 20.5 Å². The van der Waals surface area contributed by atoms with E-state index >= 15 is 0 Å². The number of thioether (sulfide) groups is 1. The summed E-state index contributed by atoms with van der Waals surface area (Å²) in [5, 5.41) is 13.8. The molecule has 0 spiro atoms. The highest BCUT2D eigenvalue weighted by Crippen LogP contribution is 2.33. The molecule has 24 heavy (non-hydrogen) atoms. The molecule has 0 amide bonds. The number of rotatable bonds is 6. The first-order valence-corrected chi connectivity index (χ1v) is 10.1. The predicted octanol–water partition coefficient (Wildman–Crippen LogP) is 4.59. The summed E-state index contributed by atoms with van der Waals surface area (Å²) >= 11 is 12.4. The second-order valence-electron chi connectivity index (χ2n) is 5.12. The molecule has 0 radical (unpaired) electrons. The normalized spacial score (nSPS) is 12.5. The maximum atomic E-state index is 9.28. The lowest BCUT2D eigenvalue weighted by atomic mass is 10.2. The van der Waals surface area contributed by atoms with Crippen LogP contribution in [0.5, 0.6) is 0 Å². The number of hydrogen-bond donors (Lipinski definition) is 2. The molecule has 1 aromatic carbocycles. The lowest BCUT2D eigenvalue weighted by molar-refractivity contribution is 0.281. The summed E-state index contributed by atoms with van der Waals surface area (Å²) in [5.41, 5.74) is 1.75. The van der Waals surface area contributed by atoms with Gasteiger partial charge in [-0.05, 0) is 40.5 Å². The van der Waals surface area contributed by atoms with Gasteiger partial charge in [0.2, 0.25) is 0 Å². The standard InChI is InChI=1S/C15H14BrClN4OS2/c1-8(6-22)18-12-11-13(19-14(16)24-11)21-15(20-12)23-7-9-3-2-4-10(17)5-9/h2-5,8,22H,6-7H2,1H3,(H,18,20,21)/t8-/m1/s1. The average molecular weight is 446 g/mol. The van der Waals surface area contributed by atoms with Gasteiger partial charge in [0.25, 0.3) is 0 Å². The quantitative estimate of drug-likeness (QED) is 0.427. The number of halogens is 2. The zero-order valence-electron chi connectivity index (χ0n) is 12.7. The largest absolute Gasteiger partial charge is 0.394 e. The second kappa shape index (κ2) is 7.97. The minimum Gasteiger partial charge on any atom is -0.394 e. The van der Waals surface area contributed by atoms with E-state index in [9.17, 15) is 5.11 Å². The molecule has 2 heterocycles. The zero-order chi connectivity index (χ0) is 17.1. The number of hydrogen-bond acceptors (Lipinski definition) is 7. The lowest BCUT2D eigenvalue weighted by Crippen LogP contribution is -2.20. The van der Waals surface area contributed by atoms with E-state index in [0.29, 0.717) is 27.4 Å². The Hall–Kier alpha value is -0.930. The molecule has 0 bridgehead atoms. The fraction of sp³-hybridized carbons (Fsp3) is 0.267. The molecular weight excluding hydrogens is 432 g/mol. The monoisotopic (exact) mass is 444 g/mol. The molecule has 126 valence electrons. The number of nitrogens with zero attached hydrogens (tertiary/aromatic N) is 3. The minimum atomic E-state index is -0.102. The number of benzene rings is 1. The molecule has 0 saturated heterocycles. The first-order chi connectivity index (χ1) is 11.5. The average Bonchev–Trinajstić information content (AvgIpc) is 2.93. The smallest absolute Gasteiger partial charge is 0.191 e. The third-order valence-corrected chi connectivity index (χ3v) is 5.78.